The lowest BCUT2D eigenvalue weighted by Crippen LogP contribution is -2.44. The summed E-state index contributed by atoms with van der Waals surface area (Å²) in [7, 11) is 0. The molecule has 0 aromatic carbocycles. The van der Waals surface area contributed by atoms with Gasteiger partial charge in [-0.05, 0) is 12.3 Å². The molecule has 0 bridgehead atoms. The predicted octanol–water partition coefficient (Wildman–Crippen LogP) is 1.41. The molecule has 0 spiro atoms. The van der Waals surface area contributed by atoms with Crippen molar-refractivity contribution in [3.8, 4) is 0 Å². The van der Waals surface area contributed by atoms with Crippen LogP contribution in [0.25, 0.3) is 0 Å². The molecule has 1 aliphatic rings. The highest BCUT2D eigenvalue weighted by molar-refractivity contribution is 4.77. The molecule has 2 heteroatoms. The molecule has 1 heterocycles. The summed E-state index contributed by atoms with van der Waals surface area (Å²) >= 11 is 0. The molecule has 1 rings (SSSR count). The third-order valence-electron chi connectivity index (χ3n) is 2.19. The van der Waals surface area contributed by atoms with Crippen molar-refractivity contribution in [1.82, 2.24) is 5.32 Å². The normalized spacial score (nSPS) is 32.7. The lowest BCUT2D eigenvalue weighted by atomic mass is 9.97. The molecule has 1 saturated heterocycles. The largest absolute Gasteiger partial charge is 0.381 e. The summed E-state index contributed by atoms with van der Waals surface area (Å²) in [6.07, 6.45) is 1.17. The van der Waals surface area contributed by atoms with Crippen LogP contribution < -0.4 is 5.32 Å². The zero-order valence-electron chi connectivity index (χ0n) is 7.76. The van der Waals surface area contributed by atoms with Gasteiger partial charge in [-0.3, -0.25) is 0 Å². The Bertz CT molecular complexity index is 114. The van der Waals surface area contributed by atoms with E-state index in [0.717, 1.165) is 13.2 Å². The Labute approximate surface area is 69.3 Å². The van der Waals surface area contributed by atoms with Crippen LogP contribution in [0.4, 0.5) is 0 Å². The fourth-order valence-corrected chi connectivity index (χ4v) is 1.56. The summed E-state index contributed by atoms with van der Waals surface area (Å²) in [4.78, 5) is 0. The Morgan fingerprint density at radius 2 is 2.18 bits per heavy atom. The van der Waals surface area contributed by atoms with Crippen LogP contribution in [-0.4, -0.2) is 25.3 Å². The SMILES string of the molecule is CC(C)N[C@H]1CCOC[C@H]1C. The highest BCUT2D eigenvalue weighted by Gasteiger charge is 2.21. The van der Waals surface area contributed by atoms with Crippen molar-refractivity contribution >= 4 is 0 Å². The summed E-state index contributed by atoms with van der Waals surface area (Å²) in [6, 6.07) is 1.27. The number of rotatable bonds is 2. The predicted molar refractivity (Wildman–Crippen MR) is 46.7 cm³/mol. The zero-order chi connectivity index (χ0) is 8.27. The second-order valence-electron chi connectivity index (χ2n) is 3.77. The van der Waals surface area contributed by atoms with Crippen molar-refractivity contribution in [1.29, 1.82) is 0 Å². The fraction of sp³-hybridized carbons (Fsp3) is 1.00. The van der Waals surface area contributed by atoms with Gasteiger partial charge >= 0.3 is 0 Å². The van der Waals surface area contributed by atoms with Gasteiger partial charge in [-0.2, -0.15) is 0 Å². The first-order chi connectivity index (χ1) is 5.20. The maximum atomic E-state index is 5.35. The Morgan fingerprint density at radius 3 is 2.73 bits per heavy atom. The van der Waals surface area contributed by atoms with E-state index in [1.54, 1.807) is 0 Å². The van der Waals surface area contributed by atoms with Gasteiger partial charge in [0.25, 0.3) is 0 Å². The second kappa shape index (κ2) is 4.07. The highest BCUT2D eigenvalue weighted by Crippen LogP contribution is 2.13. The molecule has 0 unspecified atom stereocenters. The van der Waals surface area contributed by atoms with Crippen molar-refractivity contribution < 1.29 is 4.74 Å². The molecule has 2 nitrogen and oxygen atoms in total. The molecule has 0 aliphatic carbocycles. The van der Waals surface area contributed by atoms with Gasteiger partial charge in [0.1, 0.15) is 0 Å². The van der Waals surface area contributed by atoms with Crippen LogP contribution >= 0.6 is 0 Å². The minimum Gasteiger partial charge on any atom is -0.381 e. The lowest BCUT2D eigenvalue weighted by Gasteiger charge is -2.31. The van der Waals surface area contributed by atoms with Crippen LogP contribution in [-0.2, 0) is 4.74 Å². The van der Waals surface area contributed by atoms with Crippen LogP contribution in [0.5, 0.6) is 0 Å². The average molecular weight is 157 g/mol. The van der Waals surface area contributed by atoms with Crippen molar-refractivity contribution in [3.63, 3.8) is 0 Å². The Kier molecular flexibility index (Phi) is 3.34. The first-order valence-electron chi connectivity index (χ1n) is 4.54. The molecule has 0 aromatic rings. The summed E-state index contributed by atoms with van der Waals surface area (Å²) in [5.74, 6) is 0.672. The molecule has 2 atom stereocenters. The molecule has 1 aliphatic heterocycles. The van der Waals surface area contributed by atoms with Crippen molar-refractivity contribution in [2.45, 2.75) is 39.3 Å². The maximum Gasteiger partial charge on any atom is 0.0506 e. The van der Waals surface area contributed by atoms with Crippen molar-refractivity contribution in [3.05, 3.63) is 0 Å². The van der Waals surface area contributed by atoms with E-state index in [0.29, 0.717) is 18.0 Å². The highest BCUT2D eigenvalue weighted by atomic mass is 16.5. The summed E-state index contributed by atoms with van der Waals surface area (Å²) < 4.78 is 5.35. The van der Waals surface area contributed by atoms with Crippen LogP contribution in [0, 0.1) is 5.92 Å². The smallest absolute Gasteiger partial charge is 0.0506 e. The second-order valence-corrected chi connectivity index (χ2v) is 3.77. The number of ether oxygens (including phenoxy) is 1. The van der Waals surface area contributed by atoms with Gasteiger partial charge in [-0.25, -0.2) is 0 Å². The standard InChI is InChI=1S/C9H19NO/c1-7(2)10-9-4-5-11-6-8(9)3/h7-10H,4-6H2,1-3H3/t8-,9+/m1/s1. The average Bonchev–Trinajstić information content (AvgIpc) is 1.93. The van der Waals surface area contributed by atoms with E-state index in [2.05, 4.69) is 26.1 Å². The van der Waals surface area contributed by atoms with E-state index in [1.165, 1.54) is 6.42 Å². The maximum absolute atomic E-state index is 5.35. The molecular weight excluding hydrogens is 138 g/mol. The Balaban J connectivity index is 2.29. The molecule has 0 aromatic heterocycles. The minimum atomic E-state index is 0.598. The quantitative estimate of drug-likeness (QED) is 0.654. The third-order valence-corrected chi connectivity index (χ3v) is 2.19. The molecule has 0 amide bonds. The van der Waals surface area contributed by atoms with Gasteiger partial charge in [0, 0.05) is 18.7 Å². The number of hydrogen-bond acceptors (Lipinski definition) is 2. The Hall–Kier alpha value is -0.0800. The van der Waals surface area contributed by atoms with E-state index in [9.17, 15) is 0 Å². The van der Waals surface area contributed by atoms with E-state index < -0.39 is 0 Å². The Morgan fingerprint density at radius 1 is 1.45 bits per heavy atom. The van der Waals surface area contributed by atoms with Gasteiger partial charge in [-0.1, -0.05) is 20.8 Å². The van der Waals surface area contributed by atoms with Crippen molar-refractivity contribution in [2.75, 3.05) is 13.2 Å². The van der Waals surface area contributed by atoms with Gasteiger partial charge in [0.05, 0.1) is 6.61 Å². The molecule has 0 saturated carbocycles. The first kappa shape index (κ1) is 9.01. The molecule has 66 valence electrons. The monoisotopic (exact) mass is 157 g/mol. The molecule has 1 fully saturated rings. The number of hydrogen-bond donors (Lipinski definition) is 1. The first-order valence-corrected chi connectivity index (χ1v) is 4.54. The van der Waals surface area contributed by atoms with Gasteiger partial charge < -0.3 is 10.1 Å². The van der Waals surface area contributed by atoms with Crippen LogP contribution in [0.1, 0.15) is 27.2 Å². The summed E-state index contributed by atoms with van der Waals surface area (Å²) in [5, 5.41) is 3.55. The van der Waals surface area contributed by atoms with Gasteiger partial charge in [0.15, 0.2) is 0 Å². The van der Waals surface area contributed by atoms with E-state index in [-0.39, 0.29) is 0 Å². The lowest BCUT2D eigenvalue weighted by molar-refractivity contribution is 0.0370. The third kappa shape index (κ3) is 2.80. The minimum absolute atomic E-state index is 0.598. The zero-order valence-corrected chi connectivity index (χ0v) is 7.76. The van der Waals surface area contributed by atoms with E-state index in [4.69, 9.17) is 4.74 Å². The molecule has 1 N–H and O–H groups in total. The topological polar surface area (TPSA) is 21.3 Å². The fourth-order valence-electron chi connectivity index (χ4n) is 1.56. The van der Waals surface area contributed by atoms with Crippen molar-refractivity contribution in [2.24, 2.45) is 5.92 Å². The summed E-state index contributed by atoms with van der Waals surface area (Å²) in [6.45, 7) is 8.49. The van der Waals surface area contributed by atoms with Crippen LogP contribution in [0.15, 0.2) is 0 Å². The number of nitrogens with one attached hydrogen (secondary N) is 1. The van der Waals surface area contributed by atoms with Crippen LogP contribution in [0.2, 0.25) is 0 Å². The molecule has 0 radical (unpaired) electrons. The summed E-state index contributed by atoms with van der Waals surface area (Å²) in [5.41, 5.74) is 0. The van der Waals surface area contributed by atoms with Crippen LogP contribution in [0.3, 0.4) is 0 Å². The molecule has 11 heavy (non-hydrogen) atoms. The van der Waals surface area contributed by atoms with E-state index in [1.807, 2.05) is 0 Å². The molecular formula is C9H19NO. The van der Waals surface area contributed by atoms with Gasteiger partial charge in [0.2, 0.25) is 0 Å². The van der Waals surface area contributed by atoms with E-state index >= 15 is 0 Å². The van der Waals surface area contributed by atoms with Gasteiger partial charge in [-0.15, -0.1) is 0 Å².